The number of hydrogen-bond acceptors (Lipinski definition) is 3. The Morgan fingerprint density at radius 3 is 2.72 bits per heavy atom. The number of nitrogens with zero attached hydrogens (tertiary/aromatic N) is 1. The van der Waals surface area contributed by atoms with E-state index in [2.05, 4.69) is 41.2 Å². The molecule has 0 fully saturated rings. The minimum absolute atomic E-state index is 0.570. The molecule has 0 saturated heterocycles. The molecule has 18 heavy (non-hydrogen) atoms. The maximum absolute atomic E-state index is 5.08. The van der Waals surface area contributed by atoms with E-state index in [4.69, 9.17) is 12.2 Å². The van der Waals surface area contributed by atoms with Crippen LogP contribution in [-0.4, -0.2) is 24.1 Å². The van der Waals surface area contributed by atoms with Crippen LogP contribution in [0.3, 0.4) is 0 Å². The Labute approximate surface area is 118 Å². The number of nitrogens with one attached hydrogen (secondary N) is 2. The first kappa shape index (κ1) is 15.0. The van der Waals surface area contributed by atoms with Gasteiger partial charge in [-0.1, -0.05) is 25.5 Å². The predicted molar refractivity (Wildman–Crippen MR) is 84.5 cm³/mol. The standard InChI is InChI=1S/C13H19N3S2/c1-3-4-9-14-13(17)16-15-10-11-5-7-12(18-2)8-6-11/h5-8,10H,3-4,9H2,1-2H3,(H2,14,16,17)/b15-10-. The molecule has 0 aliphatic rings. The van der Waals surface area contributed by atoms with Crippen molar-refractivity contribution >= 4 is 35.3 Å². The summed E-state index contributed by atoms with van der Waals surface area (Å²) in [7, 11) is 0. The zero-order valence-electron chi connectivity index (χ0n) is 10.8. The fraction of sp³-hybridized carbons (Fsp3) is 0.385. The number of thioether (sulfide) groups is 1. The normalized spacial score (nSPS) is 10.6. The number of thiocarbonyl (C=S) groups is 1. The molecule has 1 rings (SSSR count). The van der Waals surface area contributed by atoms with Gasteiger partial charge in [-0.3, -0.25) is 5.43 Å². The molecular weight excluding hydrogens is 262 g/mol. The summed E-state index contributed by atoms with van der Waals surface area (Å²) < 4.78 is 0. The molecule has 1 aromatic carbocycles. The fourth-order valence-corrected chi connectivity index (χ4v) is 1.84. The second-order valence-electron chi connectivity index (χ2n) is 3.75. The Morgan fingerprint density at radius 2 is 2.11 bits per heavy atom. The lowest BCUT2D eigenvalue weighted by Gasteiger charge is -2.05. The van der Waals surface area contributed by atoms with Crippen molar-refractivity contribution in [1.29, 1.82) is 0 Å². The third-order valence-corrected chi connectivity index (χ3v) is 3.29. The molecule has 0 atom stereocenters. The van der Waals surface area contributed by atoms with Gasteiger partial charge in [-0.25, -0.2) is 0 Å². The van der Waals surface area contributed by atoms with Gasteiger partial charge in [0.1, 0.15) is 0 Å². The summed E-state index contributed by atoms with van der Waals surface area (Å²) >= 11 is 6.81. The lowest BCUT2D eigenvalue weighted by atomic mass is 10.2. The number of benzene rings is 1. The largest absolute Gasteiger partial charge is 0.361 e. The van der Waals surface area contributed by atoms with Gasteiger partial charge in [0.2, 0.25) is 0 Å². The highest BCUT2D eigenvalue weighted by Gasteiger charge is 1.92. The Morgan fingerprint density at radius 1 is 1.39 bits per heavy atom. The van der Waals surface area contributed by atoms with E-state index in [1.54, 1.807) is 18.0 Å². The molecule has 1 aromatic rings. The van der Waals surface area contributed by atoms with E-state index in [9.17, 15) is 0 Å². The minimum atomic E-state index is 0.570. The second-order valence-corrected chi connectivity index (χ2v) is 5.04. The zero-order valence-corrected chi connectivity index (χ0v) is 12.4. The van der Waals surface area contributed by atoms with Crippen LogP contribution in [0.4, 0.5) is 0 Å². The van der Waals surface area contributed by atoms with Gasteiger partial charge < -0.3 is 5.32 Å². The van der Waals surface area contributed by atoms with Crippen LogP contribution in [0.25, 0.3) is 0 Å². The van der Waals surface area contributed by atoms with Crippen molar-refractivity contribution in [3.63, 3.8) is 0 Å². The van der Waals surface area contributed by atoms with E-state index >= 15 is 0 Å². The second kappa shape index (κ2) is 8.94. The smallest absolute Gasteiger partial charge is 0.186 e. The molecule has 0 amide bonds. The molecule has 98 valence electrons. The van der Waals surface area contributed by atoms with Crippen LogP contribution in [0.5, 0.6) is 0 Å². The predicted octanol–water partition coefficient (Wildman–Crippen LogP) is 3.01. The van der Waals surface area contributed by atoms with E-state index in [0.717, 1.165) is 24.9 Å². The topological polar surface area (TPSA) is 36.4 Å². The van der Waals surface area contributed by atoms with Crippen LogP contribution in [0.2, 0.25) is 0 Å². The van der Waals surface area contributed by atoms with Gasteiger partial charge in [0, 0.05) is 11.4 Å². The van der Waals surface area contributed by atoms with Crippen molar-refractivity contribution in [3.8, 4) is 0 Å². The molecule has 0 aromatic heterocycles. The van der Waals surface area contributed by atoms with Gasteiger partial charge in [-0.05, 0) is 42.6 Å². The summed E-state index contributed by atoms with van der Waals surface area (Å²) in [5.74, 6) is 0. The summed E-state index contributed by atoms with van der Waals surface area (Å²) in [5, 5.41) is 7.75. The van der Waals surface area contributed by atoms with Gasteiger partial charge in [-0.15, -0.1) is 11.8 Å². The summed E-state index contributed by atoms with van der Waals surface area (Å²) in [4.78, 5) is 1.25. The van der Waals surface area contributed by atoms with Crippen LogP contribution in [0.15, 0.2) is 34.3 Å². The van der Waals surface area contributed by atoms with Crippen LogP contribution in [0, 0.1) is 0 Å². The van der Waals surface area contributed by atoms with E-state index in [1.807, 2.05) is 12.1 Å². The number of hydrazone groups is 1. The SMILES string of the molecule is CCCCNC(=S)N/N=C\c1ccc(SC)cc1. The Bertz CT molecular complexity index is 388. The highest BCUT2D eigenvalue weighted by atomic mass is 32.2. The molecule has 0 spiro atoms. The van der Waals surface area contributed by atoms with Crippen molar-refractivity contribution in [2.75, 3.05) is 12.8 Å². The molecule has 0 heterocycles. The van der Waals surface area contributed by atoms with Crippen LogP contribution in [0.1, 0.15) is 25.3 Å². The Kier molecular flexibility index (Phi) is 7.44. The van der Waals surface area contributed by atoms with Crippen LogP contribution in [-0.2, 0) is 0 Å². The summed E-state index contributed by atoms with van der Waals surface area (Å²) in [5.41, 5.74) is 3.86. The number of rotatable bonds is 6. The number of hydrogen-bond donors (Lipinski definition) is 2. The maximum Gasteiger partial charge on any atom is 0.186 e. The molecule has 3 nitrogen and oxygen atoms in total. The van der Waals surface area contributed by atoms with Gasteiger partial charge in [0.15, 0.2) is 5.11 Å². The van der Waals surface area contributed by atoms with Gasteiger partial charge in [-0.2, -0.15) is 5.10 Å². The van der Waals surface area contributed by atoms with Crippen molar-refractivity contribution in [1.82, 2.24) is 10.7 Å². The van der Waals surface area contributed by atoms with Crippen molar-refractivity contribution in [2.45, 2.75) is 24.7 Å². The summed E-state index contributed by atoms with van der Waals surface area (Å²) in [6, 6.07) is 8.21. The molecule has 0 radical (unpaired) electrons. The van der Waals surface area contributed by atoms with E-state index < -0.39 is 0 Å². The molecule has 0 aliphatic carbocycles. The molecular formula is C13H19N3S2. The minimum Gasteiger partial charge on any atom is -0.361 e. The maximum atomic E-state index is 5.08. The highest BCUT2D eigenvalue weighted by Crippen LogP contribution is 2.13. The summed E-state index contributed by atoms with van der Waals surface area (Å²) in [6.45, 7) is 3.04. The first-order chi connectivity index (χ1) is 8.76. The fourth-order valence-electron chi connectivity index (χ4n) is 1.27. The Balaban J connectivity index is 2.32. The molecule has 0 bridgehead atoms. The first-order valence-electron chi connectivity index (χ1n) is 5.97. The molecule has 0 unspecified atom stereocenters. The average Bonchev–Trinajstić information content (AvgIpc) is 2.40. The van der Waals surface area contributed by atoms with Crippen molar-refractivity contribution in [2.24, 2.45) is 5.10 Å². The number of unbranched alkanes of at least 4 members (excludes halogenated alkanes) is 1. The average molecular weight is 281 g/mol. The molecule has 2 N–H and O–H groups in total. The molecule has 0 saturated carbocycles. The quantitative estimate of drug-likeness (QED) is 0.276. The third-order valence-electron chi connectivity index (χ3n) is 2.31. The van der Waals surface area contributed by atoms with Crippen LogP contribution >= 0.6 is 24.0 Å². The van der Waals surface area contributed by atoms with Crippen molar-refractivity contribution < 1.29 is 0 Å². The van der Waals surface area contributed by atoms with Crippen LogP contribution < -0.4 is 10.7 Å². The van der Waals surface area contributed by atoms with E-state index in [-0.39, 0.29) is 0 Å². The monoisotopic (exact) mass is 281 g/mol. The van der Waals surface area contributed by atoms with E-state index in [0.29, 0.717) is 5.11 Å². The third kappa shape index (κ3) is 6.02. The summed E-state index contributed by atoms with van der Waals surface area (Å²) in [6.07, 6.45) is 6.09. The molecule has 5 heteroatoms. The molecule has 0 aliphatic heterocycles. The van der Waals surface area contributed by atoms with Gasteiger partial charge in [0.25, 0.3) is 0 Å². The lowest BCUT2D eigenvalue weighted by Crippen LogP contribution is -2.32. The Hall–Kier alpha value is -1.07. The first-order valence-corrected chi connectivity index (χ1v) is 7.60. The van der Waals surface area contributed by atoms with Crippen molar-refractivity contribution in [3.05, 3.63) is 29.8 Å². The van der Waals surface area contributed by atoms with Gasteiger partial charge in [0.05, 0.1) is 6.21 Å². The van der Waals surface area contributed by atoms with Gasteiger partial charge >= 0.3 is 0 Å². The zero-order chi connectivity index (χ0) is 13.2. The highest BCUT2D eigenvalue weighted by molar-refractivity contribution is 7.98. The lowest BCUT2D eigenvalue weighted by molar-refractivity contribution is 0.745. The van der Waals surface area contributed by atoms with E-state index in [1.165, 1.54) is 4.90 Å².